The van der Waals surface area contributed by atoms with Gasteiger partial charge in [0.15, 0.2) is 5.78 Å². The number of hydrogen-bond donors (Lipinski definition) is 0. The van der Waals surface area contributed by atoms with Gasteiger partial charge in [-0.2, -0.15) is 0 Å². The lowest BCUT2D eigenvalue weighted by Gasteiger charge is -1.96. The van der Waals surface area contributed by atoms with Crippen LogP contribution in [-0.4, -0.2) is 36.1 Å². The molecule has 1 saturated heterocycles. The molecule has 0 N–H and O–H groups in total. The van der Waals surface area contributed by atoms with Crippen molar-refractivity contribution in [2.24, 2.45) is 0 Å². The van der Waals surface area contributed by atoms with E-state index in [1.165, 1.54) is 0 Å². The van der Waals surface area contributed by atoms with Crippen LogP contribution in [-0.2, 0) is 9.59 Å². The lowest BCUT2D eigenvalue weighted by molar-refractivity contribution is -0.115. The first kappa shape index (κ1) is 8.14. The highest BCUT2D eigenvalue weighted by atomic mass is 16.1. The van der Waals surface area contributed by atoms with Crippen LogP contribution in [0.1, 0.15) is 6.92 Å². The quantitative estimate of drug-likeness (QED) is 0.324. The van der Waals surface area contributed by atoms with Crippen LogP contribution in [0.3, 0.4) is 0 Å². The van der Waals surface area contributed by atoms with E-state index in [4.69, 9.17) is 0 Å². The van der Waals surface area contributed by atoms with Crippen molar-refractivity contribution in [1.29, 1.82) is 0 Å². The van der Waals surface area contributed by atoms with Gasteiger partial charge in [0, 0.05) is 6.54 Å². The predicted octanol–water partition coefficient (Wildman–Crippen LogP) is 0.0147. The van der Waals surface area contributed by atoms with Gasteiger partial charge in [0.2, 0.25) is 0 Å². The van der Waals surface area contributed by atoms with Crippen molar-refractivity contribution in [2.45, 2.75) is 13.0 Å². The van der Waals surface area contributed by atoms with Crippen LogP contribution in [0, 0.1) is 0 Å². The fraction of sp³-hybridized carbons (Fsp3) is 0.500. The van der Waals surface area contributed by atoms with Crippen molar-refractivity contribution >= 4 is 12.1 Å². The Morgan fingerprint density at radius 2 is 2.45 bits per heavy atom. The molecule has 0 bridgehead atoms. The molecule has 0 aromatic rings. The fourth-order valence-electron chi connectivity index (χ4n) is 1.01. The van der Waals surface area contributed by atoms with E-state index in [1.54, 1.807) is 6.92 Å². The number of carbonyl (C=O) groups excluding carboxylic acids is 2. The van der Waals surface area contributed by atoms with E-state index in [9.17, 15) is 9.59 Å². The first-order valence-electron chi connectivity index (χ1n) is 3.54. The smallest absolute Gasteiger partial charge is 0.176 e. The topological polar surface area (TPSA) is 37.1 Å². The molecular weight excluding hydrogens is 142 g/mol. The lowest BCUT2D eigenvalue weighted by Crippen LogP contribution is -2.14. The van der Waals surface area contributed by atoms with Crippen LogP contribution in [0.5, 0.6) is 0 Å². The van der Waals surface area contributed by atoms with Crippen LogP contribution in [0.15, 0.2) is 12.2 Å². The van der Waals surface area contributed by atoms with E-state index >= 15 is 0 Å². The van der Waals surface area contributed by atoms with E-state index < -0.39 is 0 Å². The lowest BCUT2D eigenvalue weighted by atomic mass is 10.2. The number of nitrogens with zero attached hydrogens (tertiary/aromatic N) is 1. The minimum atomic E-state index is -0.0577. The van der Waals surface area contributed by atoms with Crippen molar-refractivity contribution in [1.82, 2.24) is 4.90 Å². The van der Waals surface area contributed by atoms with Gasteiger partial charge in [-0.1, -0.05) is 6.58 Å². The Bertz CT molecular complexity index is 210. The zero-order valence-corrected chi connectivity index (χ0v) is 6.54. The third-order valence-corrected chi connectivity index (χ3v) is 1.75. The maximum Gasteiger partial charge on any atom is 0.176 e. The van der Waals surface area contributed by atoms with Gasteiger partial charge in [0.1, 0.15) is 6.29 Å². The molecule has 1 aliphatic rings. The molecule has 3 nitrogen and oxygen atoms in total. The molecule has 2 unspecified atom stereocenters. The van der Waals surface area contributed by atoms with Crippen LogP contribution < -0.4 is 0 Å². The third-order valence-electron chi connectivity index (χ3n) is 1.75. The molecule has 0 aromatic heterocycles. The molecule has 1 fully saturated rings. The van der Waals surface area contributed by atoms with Gasteiger partial charge >= 0.3 is 0 Å². The molecule has 60 valence electrons. The van der Waals surface area contributed by atoms with Crippen LogP contribution in [0.4, 0.5) is 0 Å². The zero-order chi connectivity index (χ0) is 8.43. The highest BCUT2D eigenvalue weighted by Gasteiger charge is 2.39. The minimum Gasteiger partial charge on any atom is -0.302 e. The number of Topliss-reactive ketones (excluding diaryl/α,β-unsaturated/α-hetero) is 1. The number of carbonyl (C=O) groups is 2. The fourth-order valence-corrected chi connectivity index (χ4v) is 1.01. The standard InChI is InChI=1S/C8H11NO2/c1-6(2)8(11)7-5-9(7)3-4-10/h4,7H,1,3,5H2,2H3. The molecular formula is C8H11NO2. The highest BCUT2D eigenvalue weighted by molar-refractivity contribution is 6.00. The summed E-state index contributed by atoms with van der Waals surface area (Å²) in [5.74, 6) is 0.0619. The summed E-state index contributed by atoms with van der Waals surface area (Å²) in [6.45, 7) is 6.32. The summed E-state index contributed by atoms with van der Waals surface area (Å²) in [5.41, 5.74) is 0.573. The van der Waals surface area contributed by atoms with Gasteiger partial charge in [-0.25, -0.2) is 0 Å². The second kappa shape index (κ2) is 2.96. The molecule has 0 aromatic carbocycles. The van der Waals surface area contributed by atoms with Gasteiger partial charge in [0.05, 0.1) is 12.6 Å². The summed E-state index contributed by atoms with van der Waals surface area (Å²) in [4.78, 5) is 23.0. The number of ketones is 1. The Labute approximate surface area is 65.7 Å². The molecule has 3 heteroatoms. The molecule has 0 spiro atoms. The summed E-state index contributed by atoms with van der Waals surface area (Å²) in [6.07, 6.45) is 0.811. The second-order valence-corrected chi connectivity index (χ2v) is 2.78. The van der Waals surface area contributed by atoms with Crippen molar-refractivity contribution in [3.05, 3.63) is 12.2 Å². The summed E-state index contributed by atoms with van der Waals surface area (Å²) < 4.78 is 0. The molecule has 1 aliphatic heterocycles. The van der Waals surface area contributed by atoms with Gasteiger partial charge in [-0.15, -0.1) is 0 Å². The van der Waals surface area contributed by atoms with E-state index in [-0.39, 0.29) is 11.8 Å². The van der Waals surface area contributed by atoms with Crippen molar-refractivity contribution < 1.29 is 9.59 Å². The molecule has 0 aliphatic carbocycles. The monoisotopic (exact) mass is 153 g/mol. The van der Waals surface area contributed by atoms with E-state index in [0.717, 1.165) is 6.29 Å². The minimum absolute atomic E-state index is 0.0577. The Morgan fingerprint density at radius 1 is 1.82 bits per heavy atom. The van der Waals surface area contributed by atoms with Crippen molar-refractivity contribution in [2.75, 3.05) is 13.1 Å². The molecule has 1 rings (SSSR count). The summed E-state index contributed by atoms with van der Waals surface area (Å²) in [6, 6.07) is -0.0577. The van der Waals surface area contributed by atoms with Crippen LogP contribution in [0.2, 0.25) is 0 Å². The summed E-state index contributed by atoms with van der Waals surface area (Å²) in [5, 5.41) is 0. The zero-order valence-electron chi connectivity index (χ0n) is 6.54. The van der Waals surface area contributed by atoms with Crippen molar-refractivity contribution in [3.63, 3.8) is 0 Å². The van der Waals surface area contributed by atoms with Gasteiger partial charge < -0.3 is 4.79 Å². The average Bonchev–Trinajstić information content (AvgIpc) is 2.67. The van der Waals surface area contributed by atoms with Crippen molar-refractivity contribution in [3.8, 4) is 0 Å². The van der Waals surface area contributed by atoms with Gasteiger partial charge in [-0.3, -0.25) is 9.69 Å². The average molecular weight is 153 g/mol. The van der Waals surface area contributed by atoms with E-state index in [2.05, 4.69) is 6.58 Å². The SMILES string of the molecule is C=C(C)C(=O)C1CN1CC=O. The Hall–Kier alpha value is -0.960. The maximum atomic E-state index is 11.1. The molecule has 0 saturated carbocycles. The van der Waals surface area contributed by atoms with Gasteiger partial charge in [-0.05, 0) is 12.5 Å². The molecule has 0 radical (unpaired) electrons. The molecule has 1 heterocycles. The Morgan fingerprint density at radius 3 is 2.91 bits per heavy atom. The highest BCUT2D eigenvalue weighted by Crippen LogP contribution is 2.19. The van der Waals surface area contributed by atoms with Crippen LogP contribution >= 0.6 is 0 Å². The maximum absolute atomic E-state index is 11.1. The predicted molar refractivity (Wildman–Crippen MR) is 41.2 cm³/mol. The number of aldehydes is 1. The van der Waals surface area contributed by atoms with Crippen LogP contribution in [0.25, 0.3) is 0 Å². The summed E-state index contributed by atoms with van der Waals surface area (Å²) in [7, 11) is 0. The van der Waals surface area contributed by atoms with Gasteiger partial charge in [0.25, 0.3) is 0 Å². The summed E-state index contributed by atoms with van der Waals surface area (Å²) >= 11 is 0. The molecule has 2 atom stereocenters. The Balaban J connectivity index is 2.37. The second-order valence-electron chi connectivity index (χ2n) is 2.78. The molecule has 11 heavy (non-hydrogen) atoms. The normalized spacial score (nSPS) is 27.7. The first-order valence-corrected chi connectivity index (χ1v) is 3.54. The first-order chi connectivity index (χ1) is 5.16. The number of rotatable bonds is 4. The van der Waals surface area contributed by atoms with E-state index in [0.29, 0.717) is 18.7 Å². The number of hydrogen-bond acceptors (Lipinski definition) is 3. The molecule has 0 amide bonds. The Kier molecular flexibility index (Phi) is 2.19. The largest absolute Gasteiger partial charge is 0.302 e. The van der Waals surface area contributed by atoms with E-state index in [1.807, 2.05) is 4.90 Å². The third kappa shape index (κ3) is 1.74.